The maximum Gasteiger partial charge on any atom is 0.227 e. The number of nitrogens with two attached hydrogens (primary N) is 1. The van der Waals surface area contributed by atoms with Crippen molar-refractivity contribution < 1.29 is 5.11 Å². The third-order valence-electron chi connectivity index (χ3n) is 1.36. The van der Waals surface area contributed by atoms with Gasteiger partial charge in [0, 0.05) is 5.92 Å². The Bertz CT molecular complexity index is 260. The third-order valence-corrected chi connectivity index (χ3v) is 1.53. The fourth-order valence-corrected chi connectivity index (χ4v) is 0.857. The lowest BCUT2D eigenvalue weighted by molar-refractivity contribution is 0.268. The molecule has 0 fully saturated rings. The molecule has 1 atom stereocenters. The Morgan fingerprint density at radius 2 is 2.17 bits per heavy atom. The average Bonchev–Trinajstić information content (AvgIpc) is 2.01. The van der Waals surface area contributed by atoms with E-state index in [9.17, 15) is 0 Å². The standard InChI is InChI=1S/C6H9ClN4O/c1-3(2-12)4-9-5(7)11-6(8)10-4/h3,12H,2H2,1H3,(H2,8,9,10,11). The normalized spacial score (nSPS) is 12.9. The van der Waals surface area contributed by atoms with Crippen molar-refractivity contribution in [1.82, 2.24) is 15.0 Å². The number of aliphatic hydroxyl groups is 1. The maximum absolute atomic E-state index is 8.79. The van der Waals surface area contributed by atoms with Gasteiger partial charge in [-0.1, -0.05) is 6.92 Å². The van der Waals surface area contributed by atoms with Gasteiger partial charge < -0.3 is 10.8 Å². The van der Waals surface area contributed by atoms with Gasteiger partial charge in [-0.3, -0.25) is 0 Å². The van der Waals surface area contributed by atoms with Gasteiger partial charge in [0.15, 0.2) is 0 Å². The Balaban J connectivity index is 3.00. The molecule has 0 amide bonds. The lowest BCUT2D eigenvalue weighted by Gasteiger charge is -2.05. The summed E-state index contributed by atoms with van der Waals surface area (Å²) in [6.45, 7) is 1.73. The molecule has 1 heterocycles. The summed E-state index contributed by atoms with van der Waals surface area (Å²) in [4.78, 5) is 11.2. The Morgan fingerprint density at radius 3 is 2.67 bits per heavy atom. The van der Waals surface area contributed by atoms with Crippen LogP contribution >= 0.6 is 11.6 Å². The molecule has 1 unspecified atom stereocenters. The van der Waals surface area contributed by atoms with Crippen LogP contribution in [-0.2, 0) is 0 Å². The van der Waals surface area contributed by atoms with Gasteiger partial charge in [-0.15, -0.1) is 0 Å². The molecule has 12 heavy (non-hydrogen) atoms. The molecule has 0 aromatic carbocycles. The zero-order valence-corrected chi connectivity index (χ0v) is 7.28. The minimum absolute atomic E-state index is 0.0419. The molecular formula is C6H9ClN4O. The van der Waals surface area contributed by atoms with Gasteiger partial charge in [0.05, 0.1) is 6.61 Å². The van der Waals surface area contributed by atoms with Gasteiger partial charge in [0.25, 0.3) is 0 Å². The lowest BCUT2D eigenvalue weighted by Crippen LogP contribution is -2.08. The van der Waals surface area contributed by atoms with Crippen molar-refractivity contribution >= 4 is 17.5 Å². The van der Waals surface area contributed by atoms with Crippen LogP contribution in [0.15, 0.2) is 0 Å². The smallest absolute Gasteiger partial charge is 0.227 e. The molecular weight excluding hydrogens is 180 g/mol. The van der Waals surface area contributed by atoms with Crippen molar-refractivity contribution in [2.45, 2.75) is 12.8 Å². The number of hydrogen-bond donors (Lipinski definition) is 2. The predicted octanol–water partition coefficient (Wildman–Crippen LogP) is 0.203. The molecule has 0 aliphatic heterocycles. The van der Waals surface area contributed by atoms with E-state index in [0.29, 0.717) is 5.82 Å². The fourth-order valence-electron chi connectivity index (χ4n) is 0.683. The molecule has 0 saturated carbocycles. The summed E-state index contributed by atoms with van der Waals surface area (Å²) < 4.78 is 0. The minimum Gasteiger partial charge on any atom is -0.396 e. The first kappa shape index (κ1) is 9.15. The molecule has 0 bridgehead atoms. The molecule has 0 saturated heterocycles. The second-order valence-corrected chi connectivity index (χ2v) is 2.74. The van der Waals surface area contributed by atoms with E-state index in [1.165, 1.54) is 0 Å². The van der Waals surface area contributed by atoms with Crippen molar-refractivity contribution in [1.29, 1.82) is 0 Å². The number of halogens is 1. The van der Waals surface area contributed by atoms with Gasteiger partial charge in [-0.05, 0) is 11.6 Å². The van der Waals surface area contributed by atoms with Crippen LogP contribution in [0.5, 0.6) is 0 Å². The number of aliphatic hydroxyl groups excluding tert-OH is 1. The number of anilines is 1. The highest BCUT2D eigenvalue weighted by Crippen LogP contribution is 2.11. The molecule has 0 aliphatic carbocycles. The van der Waals surface area contributed by atoms with Crippen LogP contribution in [0.3, 0.4) is 0 Å². The Morgan fingerprint density at radius 1 is 1.50 bits per heavy atom. The van der Waals surface area contributed by atoms with Gasteiger partial charge in [0.1, 0.15) is 5.82 Å². The van der Waals surface area contributed by atoms with Crippen molar-refractivity contribution in [3.63, 3.8) is 0 Å². The molecule has 1 rings (SSSR count). The second kappa shape index (κ2) is 3.64. The number of rotatable bonds is 2. The predicted molar refractivity (Wildman–Crippen MR) is 44.8 cm³/mol. The SMILES string of the molecule is CC(CO)c1nc(N)nc(Cl)n1. The van der Waals surface area contributed by atoms with E-state index in [-0.39, 0.29) is 23.8 Å². The van der Waals surface area contributed by atoms with Crippen LogP contribution in [-0.4, -0.2) is 26.7 Å². The molecule has 6 heteroatoms. The average molecular weight is 189 g/mol. The van der Waals surface area contributed by atoms with Crippen LogP contribution < -0.4 is 5.73 Å². The Hall–Kier alpha value is -0.940. The first-order valence-corrected chi connectivity index (χ1v) is 3.79. The largest absolute Gasteiger partial charge is 0.396 e. The van der Waals surface area contributed by atoms with Crippen molar-refractivity contribution in [2.75, 3.05) is 12.3 Å². The minimum atomic E-state index is -0.173. The van der Waals surface area contributed by atoms with Crippen LogP contribution in [0.25, 0.3) is 0 Å². The fraction of sp³-hybridized carbons (Fsp3) is 0.500. The maximum atomic E-state index is 8.79. The highest BCUT2D eigenvalue weighted by molar-refractivity contribution is 6.28. The van der Waals surface area contributed by atoms with E-state index in [1.807, 2.05) is 0 Å². The molecule has 1 aromatic heterocycles. The lowest BCUT2D eigenvalue weighted by atomic mass is 10.2. The molecule has 0 radical (unpaired) electrons. The third kappa shape index (κ3) is 2.02. The summed E-state index contributed by atoms with van der Waals surface area (Å²) in [5.41, 5.74) is 5.32. The van der Waals surface area contributed by atoms with Crippen molar-refractivity contribution in [3.8, 4) is 0 Å². The number of nitrogens with zero attached hydrogens (tertiary/aromatic N) is 3. The van der Waals surface area contributed by atoms with E-state index in [1.54, 1.807) is 6.92 Å². The van der Waals surface area contributed by atoms with E-state index in [0.717, 1.165) is 0 Å². The summed E-state index contributed by atoms with van der Waals surface area (Å²) in [6, 6.07) is 0. The Labute approximate surface area is 74.6 Å². The van der Waals surface area contributed by atoms with Crippen molar-refractivity contribution in [2.24, 2.45) is 0 Å². The summed E-state index contributed by atoms with van der Waals surface area (Å²) >= 11 is 5.53. The molecule has 5 nitrogen and oxygen atoms in total. The monoisotopic (exact) mass is 188 g/mol. The van der Waals surface area contributed by atoms with Crippen LogP contribution in [0.4, 0.5) is 5.95 Å². The van der Waals surface area contributed by atoms with Gasteiger partial charge in [-0.25, -0.2) is 4.98 Å². The number of aromatic nitrogens is 3. The van der Waals surface area contributed by atoms with E-state index in [2.05, 4.69) is 15.0 Å². The van der Waals surface area contributed by atoms with E-state index >= 15 is 0 Å². The molecule has 0 spiro atoms. The molecule has 3 N–H and O–H groups in total. The van der Waals surface area contributed by atoms with Gasteiger partial charge in [-0.2, -0.15) is 9.97 Å². The van der Waals surface area contributed by atoms with E-state index in [4.69, 9.17) is 22.4 Å². The van der Waals surface area contributed by atoms with Crippen LogP contribution in [0.1, 0.15) is 18.7 Å². The van der Waals surface area contributed by atoms with Crippen LogP contribution in [0, 0.1) is 0 Å². The van der Waals surface area contributed by atoms with Crippen LogP contribution in [0.2, 0.25) is 5.28 Å². The molecule has 66 valence electrons. The molecule has 1 aromatic rings. The highest BCUT2D eigenvalue weighted by Gasteiger charge is 2.09. The van der Waals surface area contributed by atoms with Gasteiger partial charge in [0.2, 0.25) is 11.2 Å². The molecule has 0 aliphatic rings. The second-order valence-electron chi connectivity index (χ2n) is 2.40. The number of hydrogen-bond acceptors (Lipinski definition) is 5. The summed E-state index contributed by atoms with van der Waals surface area (Å²) in [7, 11) is 0. The zero-order chi connectivity index (χ0) is 9.14. The van der Waals surface area contributed by atoms with Gasteiger partial charge >= 0.3 is 0 Å². The Kier molecular flexibility index (Phi) is 2.78. The number of nitrogen functional groups attached to an aromatic ring is 1. The summed E-state index contributed by atoms with van der Waals surface area (Å²) in [5, 5.41) is 8.84. The quantitative estimate of drug-likeness (QED) is 0.693. The highest BCUT2D eigenvalue weighted by atomic mass is 35.5. The van der Waals surface area contributed by atoms with E-state index < -0.39 is 0 Å². The first-order chi connectivity index (χ1) is 5.63. The topological polar surface area (TPSA) is 84.9 Å². The zero-order valence-electron chi connectivity index (χ0n) is 6.53. The summed E-state index contributed by atoms with van der Waals surface area (Å²) in [5.74, 6) is 0.313. The van der Waals surface area contributed by atoms with Crippen molar-refractivity contribution in [3.05, 3.63) is 11.1 Å². The summed E-state index contributed by atoms with van der Waals surface area (Å²) in [6.07, 6.45) is 0. The first-order valence-electron chi connectivity index (χ1n) is 3.41.